The van der Waals surface area contributed by atoms with Crippen molar-refractivity contribution in [3.63, 3.8) is 0 Å². The van der Waals surface area contributed by atoms with E-state index in [4.69, 9.17) is 5.14 Å². The molecule has 4 rings (SSSR count). The van der Waals surface area contributed by atoms with Crippen LogP contribution in [0.5, 0.6) is 0 Å². The minimum absolute atomic E-state index is 0.0852. The number of nitrogens with zero attached hydrogens (tertiary/aromatic N) is 3. The molecule has 1 atom stereocenters. The minimum Gasteiger partial charge on any atom is -0.363 e. The molecular weight excluding hydrogens is 312 g/mol. The Morgan fingerprint density at radius 2 is 1.91 bits per heavy atom. The number of pyridine rings is 2. The molecular formula is C16H18N4O2S. The normalized spacial score (nSPS) is 22.5. The summed E-state index contributed by atoms with van der Waals surface area (Å²) in [7, 11) is -3.79. The summed E-state index contributed by atoms with van der Waals surface area (Å²) in [5.41, 5.74) is 2.38. The van der Waals surface area contributed by atoms with Crippen LogP contribution in [0.25, 0.3) is 0 Å². The molecule has 0 amide bonds. The predicted octanol–water partition coefficient (Wildman–Crippen LogP) is 1.86. The zero-order valence-corrected chi connectivity index (χ0v) is 13.4. The summed E-state index contributed by atoms with van der Waals surface area (Å²) in [4.78, 5) is 10.2. The average molecular weight is 330 g/mol. The zero-order chi connectivity index (χ0) is 16.1. The van der Waals surface area contributed by atoms with Gasteiger partial charge < -0.3 is 4.90 Å². The monoisotopic (exact) mass is 330 g/mol. The first-order valence-electron chi connectivity index (χ1n) is 7.65. The Bertz CT molecular complexity index is 834. The number of rotatable bonds is 3. The standard InChI is InChI=1S/C16H18N4O2S/c17-23(21,22)14-10-13(4-9-19-14)20-11-16(5-1-6-16)15(20)12-2-7-18-8-3-12/h2-4,7-10,15H,1,5-6,11H2,(H2,17,21,22). The van der Waals surface area contributed by atoms with Crippen molar-refractivity contribution in [1.82, 2.24) is 9.97 Å². The predicted molar refractivity (Wildman–Crippen MR) is 86.2 cm³/mol. The Balaban J connectivity index is 1.72. The minimum atomic E-state index is -3.79. The van der Waals surface area contributed by atoms with Crippen molar-refractivity contribution in [2.45, 2.75) is 30.3 Å². The highest BCUT2D eigenvalue weighted by Crippen LogP contribution is 2.61. The fraction of sp³-hybridized carbons (Fsp3) is 0.375. The molecule has 1 aliphatic heterocycles. The van der Waals surface area contributed by atoms with Crippen LogP contribution in [0.3, 0.4) is 0 Å². The second-order valence-electron chi connectivity index (χ2n) is 6.42. The first kappa shape index (κ1) is 14.6. The van der Waals surface area contributed by atoms with E-state index in [1.54, 1.807) is 18.5 Å². The van der Waals surface area contributed by atoms with Gasteiger partial charge in [0, 0.05) is 42.3 Å². The number of nitrogens with two attached hydrogens (primary N) is 1. The maximum absolute atomic E-state index is 11.5. The van der Waals surface area contributed by atoms with Crippen molar-refractivity contribution in [3.8, 4) is 0 Å². The summed E-state index contributed by atoms with van der Waals surface area (Å²) in [6.45, 7) is 0.939. The quantitative estimate of drug-likeness (QED) is 0.928. The summed E-state index contributed by atoms with van der Waals surface area (Å²) in [5.74, 6) is 0. The number of aromatic nitrogens is 2. The lowest BCUT2D eigenvalue weighted by Crippen LogP contribution is -2.62. The van der Waals surface area contributed by atoms with E-state index in [-0.39, 0.29) is 11.1 Å². The Labute approximate surface area is 135 Å². The van der Waals surface area contributed by atoms with Crippen molar-refractivity contribution in [2.75, 3.05) is 11.4 Å². The van der Waals surface area contributed by atoms with E-state index in [0.29, 0.717) is 5.41 Å². The molecule has 1 saturated heterocycles. The molecule has 23 heavy (non-hydrogen) atoms. The lowest BCUT2D eigenvalue weighted by atomic mass is 9.56. The molecule has 1 unspecified atom stereocenters. The third-order valence-electron chi connectivity index (χ3n) is 5.09. The van der Waals surface area contributed by atoms with Crippen LogP contribution in [0.4, 0.5) is 5.69 Å². The van der Waals surface area contributed by atoms with E-state index in [0.717, 1.165) is 12.2 Å². The van der Waals surface area contributed by atoms with Crippen LogP contribution in [0.1, 0.15) is 30.9 Å². The summed E-state index contributed by atoms with van der Waals surface area (Å²) in [6.07, 6.45) is 8.80. The Morgan fingerprint density at radius 3 is 2.52 bits per heavy atom. The molecule has 2 fully saturated rings. The molecule has 2 aromatic rings. The molecule has 2 N–H and O–H groups in total. The molecule has 120 valence electrons. The van der Waals surface area contributed by atoms with Gasteiger partial charge in [0.05, 0.1) is 6.04 Å². The summed E-state index contributed by atoms with van der Waals surface area (Å²) in [5, 5.41) is 5.12. The van der Waals surface area contributed by atoms with E-state index >= 15 is 0 Å². The van der Waals surface area contributed by atoms with Gasteiger partial charge in [-0.3, -0.25) is 4.98 Å². The van der Waals surface area contributed by atoms with E-state index in [2.05, 4.69) is 14.9 Å². The van der Waals surface area contributed by atoms with Gasteiger partial charge in [-0.15, -0.1) is 0 Å². The van der Waals surface area contributed by atoms with E-state index < -0.39 is 10.0 Å². The highest BCUT2D eigenvalue weighted by atomic mass is 32.2. The van der Waals surface area contributed by atoms with Crippen molar-refractivity contribution in [3.05, 3.63) is 48.4 Å². The highest BCUT2D eigenvalue weighted by molar-refractivity contribution is 7.89. The van der Waals surface area contributed by atoms with Crippen LogP contribution in [-0.2, 0) is 10.0 Å². The molecule has 2 aromatic heterocycles. The summed E-state index contributed by atoms with van der Waals surface area (Å²) in [6, 6.07) is 7.75. The summed E-state index contributed by atoms with van der Waals surface area (Å²) >= 11 is 0. The lowest BCUT2D eigenvalue weighted by Gasteiger charge is -2.63. The van der Waals surface area contributed by atoms with Gasteiger partial charge in [0.25, 0.3) is 10.0 Å². The smallest absolute Gasteiger partial charge is 0.255 e. The van der Waals surface area contributed by atoms with Crippen LogP contribution < -0.4 is 10.0 Å². The molecule has 1 spiro atoms. The van der Waals surface area contributed by atoms with Gasteiger partial charge in [0.2, 0.25) is 0 Å². The van der Waals surface area contributed by atoms with Crippen molar-refractivity contribution in [1.29, 1.82) is 0 Å². The Hall–Kier alpha value is -1.99. The van der Waals surface area contributed by atoms with Crippen LogP contribution >= 0.6 is 0 Å². The first-order valence-corrected chi connectivity index (χ1v) is 9.20. The molecule has 6 nitrogen and oxygen atoms in total. The molecule has 0 aromatic carbocycles. The maximum Gasteiger partial charge on any atom is 0.255 e. The number of hydrogen-bond acceptors (Lipinski definition) is 5. The van der Waals surface area contributed by atoms with Crippen molar-refractivity contribution < 1.29 is 8.42 Å². The first-order chi connectivity index (χ1) is 11.0. The number of anilines is 1. The van der Waals surface area contributed by atoms with Gasteiger partial charge >= 0.3 is 0 Å². The van der Waals surface area contributed by atoms with Crippen molar-refractivity contribution in [2.24, 2.45) is 10.6 Å². The largest absolute Gasteiger partial charge is 0.363 e. The molecule has 0 bridgehead atoms. The van der Waals surface area contributed by atoms with Crippen LogP contribution in [-0.4, -0.2) is 24.9 Å². The third-order valence-corrected chi connectivity index (χ3v) is 5.90. The Kier molecular flexibility index (Phi) is 3.18. The maximum atomic E-state index is 11.5. The van der Waals surface area contributed by atoms with Crippen LogP contribution in [0.15, 0.2) is 47.9 Å². The van der Waals surface area contributed by atoms with Gasteiger partial charge in [0.15, 0.2) is 5.03 Å². The Morgan fingerprint density at radius 1 is 1.17 bits per heavy atom. The molecule has 0 radical (unpaired) electrons. The van der Waals surface area contributed by atoms with Gasteiger partial charge in [-0.2, -0.15) is 0 Å². The van der Waals surface area contributed by atoms with Crippen molar-refractivity contribution >= 4 is 15.7 Å². The summed E-state index contributed by atoms with van der Waals surface area (Å²) < 4.78 is 23.1. The van der Waals surface area contributed by atoms with Gasteiger partial charge in [-0.05, 0) is 36.6 Å². The number of sulfonamides is 1. The molecule has 2 aliphatic rings. The SMILES string of the molecule is NS(=O)(=O)c1cc(N2CC3(CCC3)C2c2ccncc2)ccn1. The van der Waals surface area contributed by atoms with E-state index in [1.165, 1.54) is 31.0 Å². The zero-order valence-electron chi connectivity index (χ0n) is 12.6. The van der Waals surface area contributed by atoms with Crippen LogP contribution in [0.2, 0.25) is 0 Å². The third kappa shape index (κ3) is 2.31. The van der Waals surface area contributed by atoms with Gasteiger partial charge in [-0.1, -0.05) is 6.42 Å². The topological polar surface area (TPSA) is 89.2 Å². The molecule has 1 saturated carbocycles. The van der Waals surface area contributed by atoms with Gasteiger partial charge in [-0.25, -0.2) is 18.5 Å². The van der Waals surface area contributed by atoms with Gasteiger partial charge in [0.1, 0.15) is 0 Å². The lowest BCUT2D eigenvalue weighted by molar-refractivity contribution is 0.0284. The number of primary sulfonamides is 1. The number of hydrogen-bond donors (Lipinski definition) is 1. The molecule has 7 heteroatoms. The average Bonchev–Trinajstić information content (AvgIpc) is 2.45. The van der Waals surface area contributed by atoms with Crippen LogP contribution in [0, 0.1) is 5.41 Å². The second kappa shape index (κ2) is 5.01. The fourth-order valence-corrected chi connectivity index (χ4v) is 4.34. The second-order valence-corrected chi connectivity index (χ2v) is 7.93. The molecule has 1 aliphatic carbocycles. The fourth-order valence-electron chi connectivity index (χ4n) is 3.85. The van der Waals surface area contributed by atoms with E-state index in [9.17, 15) is 8.42 Å². The molecule has 3 heterocycles. The van der Waals surface area contributed by atoms with E-state index in [1.807, 2.05) is 18.2 Å². The highest BCUT2D eigenvalue weighted by Gasteiger charge is 2.56.